The highest BCUT2D eigenvalue weighted by Crippen LogP contribution is 2.25. The summed E-state index contributed by atoms with van der Waals surface area (Å²) in [4.78, 5) is 24.7. The summed E-state index contributed by atoms with van der Waals surface area (Å²) in [5, 5.41) is 2.98. The number of benzene rings is 2. The Morgan fingerprint density at radius 2 is 1.88 bits per heavy atom. The molecule has 3 rings (SSSR count). The van der Waals surface area contributed by atoms with E-state index >= 15 is 0 Å². The maximum atomic E-state index is 13.8. The molecule has 1 amide bonds. The van der Waals surface area contributed by atoms with Gasteiger partial charge in [0.1, 0.15) is 5.82 Å². The van der Waals surface area contributed by atoms with Crippen LogP contribution in [0.4, 0.5) is 4.39 Å². The first-order valence-electron chi connectivity index (χ1n) is 8.02. The Labute approximate surface area is 149 Å². The third-order valence-electron chi connectivity index (χ3n) is 3.90. The van der Waals surface area contributed by atoms with Gasteiger partial charge in [-0.1, -0.05) is 48.0 Å². The first kappa shape index (κ1) is 17.4. The molecule has 2 aromatic carbocycles. The van der Waals surface area contributed by atoms with Crippen LogP contribution in [0.5, 0.6) is 0 Å². The van der Waals surface area contributed by atoms with E-state index in [9.17, 15) is 14.0 Å². The van der Waals surface area contributed by atoms with Gasteiger partial charge in [-0.15, -0.1) is 0 Å². The van der Waals surface area contributed by atoms with Gasteiger partial charge in [0, 0.05) is 22.2 Å². The Morgan fingerprint density at radius 1 is 1.16 bits per heavy atom. The van der Waals surface area contributed by atoms with Crippen molar-refractivity contribution in [2.75, 3.05) is 0 Å². The zero-order valence-corrected chi connectivity index (χ0v) is 14.1. The minimum Gasteiger partial charge on any atom is -0.447 e. The lowest BCUT2D eigenvalue weighted by atomic mass is 10.1. The van der Waals surface area contributed by atoms with Gasteiger partial charge in [0.25, 0.3) is 5.91 Å². The van der Waals surface area contributed by atoms with E-state index in [1.807, 2.05) is 0 Å². The van der Waals surface area contributed by atoms with Crippen molar-refractivity contribution in [1.82, 2.24) is 5.32 Å². The molecule has 1 aliphatic rings. The highest BCUT2D eigenvalue weighted by molar-refractivity contribution is 6.31. The topological polar surface area (TPSA) is 55.4 Å². The third-order valence-corrected chi connectivity index (χ3v) is 4.25. The van der Waals surface area contributed by atoms with E-state index in [4.69, 9.17) is 16.3 Å². The van der Waals surface area contributed by atoms with Crippen molar-refractivity contribution in [2.24, 2.45) is 0 Å². The minimum absolute atomic E-state index is 0.0589. The summed E-state index contributed by atoms with van der Waals surface area (Å²) in [5.41, 5.74) is 0.622. The van der Waals surface area contributed by atoms with Gasteiger partial charge in [0.15, 0.2) is 0 Å². The van der Waals surface area contributed by atoms with Crippen LogP contribution in [0.25, 0.3) is 0 Å². The van der Waals surface area contributed by atoms with E-state index in [0.29, 0.717) is 5.56 Å². The van der Waals surface area contributed by atoms with E-state index in [1.54, 1.807) is 30.3 Å². The second-order valence-electron chi connectivity index (χ2n) is 5.94. The molecule has 4 nitrogen and oxygen atoms in total. The SMILES string of the molecule is O=C(Cc1c(F)cccc1Cl)O[C@H](C(=O)NC1CC1)c1ccccc1. The number of esters is 1. The predicted molar refractivity (Wildman–Crippen MR) is 91.6 cm³/mol. The summed E-state index contributed by atoms with van der Waals surface area (Å²) in [5.74, 6) is -1.67. The molecule has 0 bridgehead atoms. The van der Waals surface area contributed by atoms with Gasteiger partial charge in [-0.2, -0.15) is 0 Å². The molecule has 0 spiro atoms. The Hall–Kier alpha value is -2.40. The fourth-order valence-corrected chi connectivity index (χ4v) is 2.65. The lowest BCUT2D eigenvalue weighted by molar-refractivity contribution is -0.156. The molecule has 0 saturated heterocycles. The lowest BCUT2D eigenvalue weighted by Crippen LogP contribution is -2.33. The molecular formula is C19H17ClFNO3. The molecule has 2 aromatic rings. The standard InChI is InChI=1S/C19H17ClFNO3/c20-15-7-4-8-16(21)14(15)11-17(23)25-18(12-5-2-1-3-6-12)19(24)22-13-9-10-13/h1-8,13,18H,9-11H2,(H,22,24)/t18-/m0/s1. The van der Waals surface area contributed by atoms with Crippen molar-refractivity contribution >= 4 is 23.5 Å². The Bertz CT molecular complexity index is 757. The second kappa shape index (κ2) is 7.66. The maximum Gasteiger partial charge on any atom is 0.311 e. The van der Waals surface area contributed by atoms with Crippen LogP contribution in [0.15, 0.2) is 48.5 Å². The fraction of sp³-hybridized carbons (Fsp3) is 0.263. The second-order valence-corrected chi connectivity index (χ2v) is 6.35. The average molecular weight is 362 g/mol. The van der Waals surface area contributed by atoms with Crippen molar-refractivity contribution in [2.45, 2.75) is 31.4 Å². The smallest absolute Gasteiger partial charge is 0.311 e. The van der Waals surface area contributed by atoms with E-state index < -0.39 is 17.9 Å². The summed E-state index contributed by atoms with van der Waals surface area (Å²) in [7, 11) is 0. The van der Waals surface area contributed by atoms with Crippen LogP contribution in [-0.4, -0.2) is 17.9 Å². The highest BCUT2D eigenvalue weighted by Gasteiger charge is 2.31. The summed E-state index contributed by atoms with van der Waals surface area (Å²) in [6, 6.07) is 13.1. The number of carbonyl (C=O) groups excluding carboxylic acids is 2. The molecule has 0 radical (unpaired) electrons. The van der Waals surface area contributed by atoms with Crippen LogP contribution in [0.3, 0.4) is 0 Å². The molecule has 130 valence electrons. The van der Waals surface area contributed by atoms with Gasteiger partial charge < -0.3 is 10.1 Å². The minimum atomic E-state index is -1.07. The normalized spacial score (nSPS) is 14.6. The van der Waals surface area contributed by atoms with Crippen LogP contribution >= 0.6 is 11.6 Å². The molecule has 0 heterocycles. The molecule has 0 aromatic heterocycles. The molecule has 1 saturated carbocycles. The van der Waals surface area contributed by atoms with Crippen LogP contribution in [0.2, 0.25) is 5.02 Å². The first-order chi connectivity index (χ1) is 12.0. The quantitative estimate of drug-likeness (QED) is 0.800. The zero-order chi connectivity index (χ0) is 17.8. The van der Waals surface area contributed by atoms with E-state index in [1.165, 1.54) is 18.2 Å². The Morgan fingerprint density at radius 3 is 2.52 bits per heavy atom. The van der Waals surface area contributed by atoms with Crippen molar-refractivity contribution in [1.29, 1.82) is 0 Å². The summed E-state index contributed by atoms with van der Waals surface area (Å²) < 4.78 is 19.2. The van der Waals surface area contributed by atoms with Crippen molar-refractivity contribution in [3.63, 3.8) is 0 Å². The molecule has 0 aliphatic heterocycles. The van der Waals surface area contributed by atoms with Gasteiger partial charge in [0.05, 0.1) is 6.42 Å². The third kappa shape index (κ3) is 4.57. The zero-order valence-electron chi connectivity index (χ0n) is 13.4. The number of ether oxygens (including phenoxy) is 1. The van der Waals surface area contributed by atoms with Crippen LogP contribution < -0.4 is 5.32 Å². The van der Waals surface area contributed by atoms with E-state index in [-0.39, 0.29) is 29.0 Å². The molecule has 25 heavy (non-hydrogen) atoms. The monoisotopic (exact) mass is 361 g/mol. The van der Waals surface area contributed by atoms with Gasteiger partial charge in [-0.05, 0) is 25.0 Å². The van der Waals surface area contributed by atoms with E-state index in [0.717, 1.165) is 12.8 Å². The maximum absolute atomic E-state index is 13.8. The summed E-state index contributed by atoms with van der Waals surface area (Å²) in [6.07, 6.45) is 0.434. The van der Waals surface area contributed by atoms with Gasteiger partial charge in [-0.25, -0.2) is 4.39 Å². The number of carbonyl (C=O) groups is 2. The fourth-order valence-electron chi connectivity index (χ4n) is 2.42. The largest absolute Gasteiger partial charge is 0.447 e. The van der Waals surface area contributed by atoms with Crippen LogP contribution in [0.1, 0.15) is 30.1 Å². The van der Waals surface area contributed by atoms with Crippen LogP contribution in [0, 0.1) is 5.82 Å². The summed E-state index contributed by atoms with van der Waals surface area (Å²) >= 11 is 5.94. The average Bonchev–Trinajstić information content (AvgIpc) is 3.41. The number of nitrogens with one attached hydrogen (secondary N) is 1. The molecule has 1 aliphatic carbocycles. The molecule has 1 fully saturated rings. The molecular weight excluding hydrogens is 345 g/mol. The van der Waals surface area contributed by atoms with E-state index in [2.05, 4.69) is 5.32 Å². The first-order valence-corrected chi connectivity index (χ1v) is 8.40. The highest BCUT2D eigenvalue weighted by atomic mass is 35.5. The number of hydrogen-bond donors (Lipinski definition) is 1. The van der Waals surface area contributed by atoms with Gasteiger partial charge >= 0.3 is 5.97 Å². The van der Waals surface area contributed by atoms with Crippen LogP contribution in [-0.2, 0) is 20.7 Å². The molecule has 1 N–H and O–H groups in total. The molecule has 6 heteroatoms. The lowest BCUT2D eigenvalue weighted by Gasteiger charge is -2.18. The van der Waals surface area contributed by atoms with Gasteiger partial charge in [0.2, 0.25) is 6.10 Å². The summed E-state index contributed by atoms with van der Waals surface area (Å²) in [6.45, 7) is 0. The van der Waals surface area contributed by atoms with Crippen molar-refractivity contribution in [3.8, 4) is 0 Å². The number of amides is 1. The van der Waals surface area contributed by atoms with Crippen molar-refractivity contribution < 1.29 is 18.7 Å². The van der Waals surface area contributed by atoms with Crippen molar-refractivity contribution in [3.05, 3.63) is 70.5 Å². The Kier molecular flexibility index (Phi) is 5.34. The number of hydrogen-bond acceptors (Lipinski definition) is 3. The Balaban J connectivity index is 1.75. The van der Waals surface area contributed by atoms with Gasteiger partial charge in [-0.3, -0.25) is 9.59 Å². The number of halogens is 2. The molecule has 1 atom stereocenters. The molecule has 0 unspecified atom stereocenters. The number of rotatable bonds is 6. The predicted octanol–water partition coefficient (Wildman–Crippen LogP) is 3.58.